The van der Waals surface area contributed by atoms with Gasteiger partial charge in [0.2, 0.25) is 0 Å². The van der Waals surface area contributed by atoms with Crippen molar-refractivity contribution in [1.29, 1.82) is 0 Å². The number of rotatable bonds is 8. The molecule has 0 atom stereocenters. The molecule has 0 aliphatic rings. The van der Waals surface area contributed by atoms with Crippen molar-refractivity contribution in [3.63, 3.8) is 0 Å². The van der Waals surface area contributed by atoms with Gasteiger partial charge in [0.05, 0.1) is 0 Å². The van der Waals surface area contributed by atoms with Crippen LogP contribution in [0.1, 0.15) is 99.1 Å². The number of hydrogen-bond donors (Lipinski definition) is 1. The molecule has 0 aliphatic carbocycles. The molecule has 1 radical (unpaired) electrons. The van der Waals surface area contributed by atoms with E-state index >= 15 is 0 Å². The molecule has 0 spiro atoms. The standard InChI is InChI=1S/C27H21N2S2.C15H28O2.Ir/c1-15-13-30-22-12-20-23(11-19(15)22)31-26-24(20)25(28-14-29-26)17-9-16-7-5-6-8-18(16)21(10-17)27(2,3)4;1-7-14(5,8-2)12(16)11-13(17)15(6,9-3)10-4;/h5-8,10-14H,1-4H3;11,16H,7-10H2,1-6H3;/q-1;;/b;12-11-;. The monoisotopic (exact) mass is 870 g/mol. The van der Waals surface area contributed by atoms with E-state index in [0.29, 0.717) is 0 Å². The van der Waals surface area contributed by atoms with Crippen LogP contribution in [0.2, 0.25) is 0 Å². The Bertz CT molecular complexity index is 2140. The molecule has 3 aromatic carbocycles. The number of ketones is 1. The molecule has 3 aromatic heterocycles. The van der Waals surface area contributed by atoms with E-state index in [9.17, 15) is 9.90 Å². The van der Waals surface area contributed by atoms with E-state index in [1.54, 1.807) is 29.0 Å². The topological polar surface area (TPSA) is 63.1 Å². The zero-order valence-electron chi connectivity index (χ0n) is 30.5. The number of carbonyl (C=O) groups excluding carboxylic acids is 1. The Morgan fingerprint density at radius 1 is 0.857 bits per heavy atom. The molecule has 4 nitrogen and oxygen atoms in total. The molecule has 0 saturated heterocycles. The maximum Gasteiger partial charge on any atom is 0.164 e. The number of aliphatic hydroxyl groups excluding tert-OH is 1. The molecule has 0 saturated carbocycles. The summed E-state index contributed by atoms with van der Waals surface area (Å²) in [5.74, 6) is 0.286. The van der Waals surface area contributed by atoms with E-state index in [4.69, 9.17) is 4.98 Å². The molecule has 7 heteroatoms. The zero-order chi connectivity index (χ0) is 35.0. The minimum absolute atomic E-state index is 0. The van der Waals surface area contributed by atoms with Crippen LogP contribution < -0.4 is 0 Å². The number of thiophene rings is 2. The van der Waals surface area contributed by atoms with Gasteiger partial charge in [0.15, 0.2) is 5.78 Å². The van der Waals surface area contributed by atoms with Crippen LogP contribution in [0, 0.1) is 23.8 Å². The van der Waals surface area contributed by atoms with Gasteiger partial charge < -0.3 is 5.11 Å². The van der Waals surface area contributed by atoms with Crippen LogP contribution >= 0.6 is 22.7 Å². The number of allylic oxidation sites excluding steroid dienone is 2. The Kier molecular flexibility index (Phi) is 12.0. The second kappa shape index (κ2) is 15.1. The van der Waals surface area contributed by atoms with Crippen molar-refractivity contribution in [2.45, 2.75) is 100 Å². The first-order valence-corrected chi connectivity index (χ1v) is 18.9. The molecule has 6 aromatic rings. The quantitative estimate of drug-likeness (QED) is 0.0940. The van der Waals surface area contributed by atoms with Crippen LogP contribution in [-0.2, 0) is 30.3 Å². The number of aliphatic hydroxyl groups is 1. The largest absolute Gasteiger partial charge is 0.512 e. The van der Waals surface area contributed by atoms with Gasteiger partial charge in [-0.25, -0.2) is 4.98 Å². The third-order valence-electron chi connectivity index (χ3n) is 10.6. The Morgan fingerprint density at radius 2 is 1.49 bits per heavy atom. The Labute approximate surface area is 313 Å². The molecule has 261 valence electrons. The van der Waals surface area contributed by atoms with E-state index in [1.165, 1.54) is 42.8 Å². The number of benzene rings is 3. The maximum atomic E-state index is 12.2. The van der Waals surface area contributed by atoms with Crippen molar-refractivity contribution in [3.05, 3.63) is 83.2 Å². The first kappa shape index (κ1) is 38.8. The molecule has 0 fully saturated rings. The minimum atomic E-state index is -0.337. The van der Waals surface area contributed by atoms with Gasteiger partial charge in [0, 0.05) is 57.5 Å². The summed E-state index contributed by atoms with van der Waals surface area (Å²) in [6.45, 7) is 21.1. The number of fused-ring (bicyclic) bond motifs is 5. The van der Waals surface area contributed by atoms with Gasteiger partial charge in [-0.3, -0.25) is 9.78 Å². The fraction of sp³-hybridized carbons (Fsp3) is 0.405. The summed E-state index contributed by atoms with van der Waals surface area (Å²) in [6.07, 6.45) is 6.45. The van der Waals surface area contributed by atoms with Crippen LogP contribution in [0.25, 0.3) is 52.4 Å². The van der Waals surface area contributed by atoms with E-state index in [2.05, 4.69) is 86.6 Å². The molecule has 6 rings (SSSR count). The molecular formula is C42H49IrN2O2S2-. The number of hydrogen-bond acceptors (Lipinski definition) is 6. The summed E-state index contributed by atoms with van der Waals surface area (Å²) in [5, 5.41) is 18.5. The molecule has 0 amide bonds. The average Bonchev–Trinajstić information content (AvgIpc) is 3.64. The van der Waals surface area contributed by atoms with Crippen molar-refractivity contribution in [1.82, 2.24) is 9.97 Å². The first-order chi connectivity index (χ1) is 22.7. The molecule has 49 heavy (non-hydrogen) atoms. The van der Waals surface area contributed by atoms with Crippen LogP contribution in [0.15, 0.2) is 66.0 Å². The van der Waals surface area contributed by atoms with Gasteiger partial charge in [0.1, 0.15) is 16.9 Å². The SMILES string of the molecule is CCC(C)(CC)C(=O)/C=C(\O)C(C)(CC)CC.Cc1csc2cc3c(cc12)sc1ncnc(-c2[c-]c4ccccc4c(C(C)(C)C)c2)c13.[Ir]. The van der Waals surface area contributed by atoms with Crippen LogP contribution in [-0.4, -0.2) is 20.9 Å². The van der Waals surface area contributed by atoms with Gasteiger partial charge in [0.25, 0.3) is 0 Å². The number of nitrogens with zero attached hydrogens (tertiary/aromatic N) is 2. The second-order valence-electron chi connectivity index (χ2n) is 14.6. The Hall–Kier alpha value is -2.96. The van der Waals surface area contributed by atoms with Gasteiger partial charge in [-0.05, 0) is 71.9 Å². The maximum absolute atomic E-state index is 12.2. The first-order valence-electron chi connectivity index (χ1n) is 17.2. The van der Waals surface area contributed by atoms with Crippen molar-refractivity contribution in [2.75, 3.05) is 0 Å². The molecule has 0 bridgehead atoms. The summed E-state index contributed by atoms with van der Waals surface area (Å²) in [7, 11) is 0. The number of carbonyl (C=O) groups is 1. The van der Waals surface area contributed by atoms with Crippen LogP contribution in [0.5, 0.6) is 0 Å². The van der Waals surface area contributed by atoms with Crippen molar-refractivity contribution in [3.8, 4) is 11.3 Å². The van der Waals surface area contributed by atoms with Gasteiger partial charge in [-0.2, -0.15) is 0 Å². The Morgan fingerprint density at radius 3 is 2.12 bits per heavy atom. The van der Waals surface area contributed by atoms with E-state index in [1.807, 2.05) is 41.5 Å². The third kappa shape index (κ3) is 7.56. The average molecular weight is 870 g/mol. The van der Waals surface area contributed by atoms with Gasteiger partial charge >= 0.3 is 0 Å². The van der Waals surface area contributed by atoms with Gasteiger partial charge in [-0.1, -0.05) is 91.5 Å². The zero-order valence-corrected chi connectivity index (χ0v) is 34.5. The third-order valence-corrected chi connectivity index (χ3v) is 12.7. The smallest absolute Gasteiger partial charge is 0.164 e. The van der Waals surface area contributed by atoms with Crippen molar-refractivity contribution < 1.29 is 30.0 Å². The normalized spacial score (nSPS) is 12.7. The second-order valence-corrected chi connectivity index (χ2v) is 16.5. The van der Waals surface area contributed by atoms with E-state index < -0.39 is 0 Å². The molecular weight excluding hydrogens is 821 g/mol. The summed E-state index contributed by atoms with van der Waals surface area (Å²) in [5.41, 5.74) is 4.09. The van der Waals surface area contributed by atoms with Crippen LogP contribution in [0.3, 0.4) is 0 Å². The number of aromatic nitrogens is 2. The Balaban J connectivity index is 0.000000260. The molecule has 1 N–H and O–H groups in total. The van der Waals surface area contributed by atoms with Gasteiger partial charge in [-0.15, -0.1) is 51.8 Å². The molecule has 0 aliphatic heterocycles. The summed E-state index contributed by atoms with van der Waals surface area (Å²) < 4.78 is 2.58. The minimum Gasteiger partial charge on any atom is -0.512 e. The fourth-order valence-corrected chi connectivity index (χ4v) is 8.15. The summed E-state index contributed by atoms with van der Waals surface area (Å²) in [6, 6.07) is 19.1. The van der Waals surface area contributed by atoms with Crippen molar-refractivity contribution >= 4 is 69.6 Å². The van der Waals surface area contributed by atoms with Crippen molar-refractivity contribution in [2.24, 2.45) is 10.8 Å². The predicted molar refractivity (Wildman–Crippen MR) is 209 cm³/mol. The molecule has 0 unspecified atom stereocenters. The predicted octanol–water partition coefficient (Wildman–Crippen LogP) is 12.9. The molecule has 3 heterocycles. The van der Waals surface area contributed by atoms with E-state index in [0.717, 1.165) is 52.5 Å². The number of aryl methyl sites for hydroxylation is 1. The summed E-state index contributed by atoms with van der Waals surface area (Å²) >= 11 is 3.56. The summed E-state index contributed by atoms with van der Waals surface area (Å²) in [4.78, 5) is 22.6. The van der Waals surface area contributed by atoms with E-state index in [-0.39, 0.29) is 47.9 Å². The van der Waals surface area contributed by atoms with Crippen LogP contribution in [0.4, 0.5) is 0 Å². The fourth-order valence-electron chi connectivity index (χ4n) is 6.12.